The number of amides is 1. The zero-order chi connectivity index (χ0) is 11.9. The van der Waals surface area contributed by atoms with Crippen LogP contribution in [0.1, 0.15) is 40.0 Å². The highest BCUT2D eigenvalue weighted by Gasteiger charge is 2.48. The zero-order valence-corrected chi connectivity index (χ0v) is 9.81. The van der Waals surface area contributed by atoms with Crippen LogP contribution < -0.4 is 0 Å². The molecule has 2 nitrogen and oxygen atoms in total. The van der Waals surface area contributed by atoms with Crippen molar-refractivity contribution in [1.82, 2.24) is 4.90 Å². The summed E-state index contributed by atoms with van der Waals surface area (Å²) in [5, 5.41) is 0. The second-order valence-electron chi connectivity index (χ2n) is 5.34. The van der Waals surface area contributed by atoms with E-state index >= 15 is 0 Å². The van der Waals surface area contributed by atoms with Crippen molar-refractivity contribution in [1.29, 1.82) is 0 Å². The molecular formula is C11H19F2NO. The van der Waals surface area contributed by atoms with Gasteiger partial charge >= 0.3 is 0 Å². The van der Waals surface area contributed by atoms with E-state index in [2.05, 4.69) is 0 Å². The lowest BCUT2D eigenvalue weighted by atomic mass is 9.94. The Morgan fingerprint density at radius 1 is 1.40 bits per heavy atom. The molecule has 0 spiro atoms. The van der Waals surface area contributed by atoms with Gasteiger partial charge in [-0.05, 0) is 12.8 Å². The number of carbonyl (C=O) groups excluding carboxylic acids is 1. The molecule has 1 rings (SSSR count). The fourth-order valence-corrected chi connectivity index (χ4v) is 2.06. The van der Waals surface area contributed by atoms with Gasteiger partial charge < -0.3 is 4.90 Å². The fourth-order valence-electron chi connectivity index (χ4n) is 2.06. The summed E-state index contributed by atoms with van der Waals surface area (Å²) in [6.07, 6.45) is 0.810. The van der Waals surface area contributed by atoms with Crippen molar-refractivity contribution in [2.24, 2.45) is 5.41 Å². The summed E-state index contributed by atoms with van der Waals surface area (Å²) in [6.45, 7) is 5.25. The summed E-state index contributed by atoms with van der Waals surface area (Å²) in [5.74, 6) is -2.93. The SMILES string of the molecule is CN(C(=O)C(C)(C)C)C1CCCC1(F)F. The van der Waals surface area contributed by atoms with E-state index in [0.29, 0.717) is 12.8 Å². The van der Waals surface area contributed by atoms with Crippen LogP contribution >= 0.6 is 0 Å². The van der Waals surface area contributed by atoms with Crippen molar-refractivity contribution < 1.29 is 13.6 Å². The van der Waals surface area contributed by atoms with Crippen molar-refractivity contribution in [2.45, 2.75) is 52.0 Å². The molecule has 0 aromatic carbocycles. The fraction of sp³-hybridized carbons (Fsp3) is 0.909. The van der Waals surface area contributed by atoms with Gasteiger partial charge in [-0.2, -0.15) is 0 Å². The molecule has 1 amide bonds. The first kappa shape index (κ1) is 12.4. The molecule has 0 radical (unpaired) electrons. The van der Waals surface area contributed by atoms with Crippen molar-refractivity contribution in [2.75, 3.05) is 7.05 Å². The molecule has 0 N–H and O–H groups in total. The van der Waals surface area contributed by atoms with Gasteiger partial charge in [0.15, 0.2) is 0 Å². The minimum absolute atomic E-state index is 0.0978. The van der Waals surface area contributed by atoms with Gasteiger partial charge in [0.05, 0.1) is 6.04 Å². The smallest absolute Gasteiger partial charge is 0.268 e. The molecule has 1 atom stereocenters. The van der Waals surface area contributed by atoms with Crippen molar-refractivity contribution in [3.8, 4) is 0 Å². The maximum absolute atomic E-state index is 13.4. The van der Waals surface area contributed by atoms with E-state index in [4.69, 9.17) is 0 Å². The summed E-state index contributed by atoms with van der Waals surface area (Å²) in [5.41, 5.74) is -0.590. The van der Waals surface area contributed by atoms with Crippen LogP contribution in [0.25, 0.3) is 0 Å². The first-order chi connectivity index (χ1) is 6.66. The molecular weight excluding hydrogens is 200 g/mol. The van der Waals surface area contributed by atoms with Crippen LogP contribution in [0.3, 0.4) is 0 Å². The Bertz CT molecular complexity index is 258. The Balaban J connectivity index is 2.77. The van der Waals surface area contributed by atoms with E-state index in [9.17, 15) is 13.6 Å². The molecule has 15 heavy (non-hydrogen) atoms. The van der Waals surface area contributed by atoms with E-state index in [1.807, 2.05) is 0 Å². The van der Waals surface area contributed by atoms with Crippen molar-refractivity contribution in [3.63, 3.8) is 0 Å². The van der Waals surface area contributed by atoms with Gasteiger partial charge in [0.2, 0.25) is 5.91 Å². The van der Waals surface area contributed by atoms with Gasteiger partial charge in [-0.1, -0.05) is 20.8 Å². The molecule has 88 valence electrons. The lowest BCUT2D eigenvalue weighted by Gasteiger charge is -2.33. The molecule has 0 aromatic heterocycles. The normalized spacial score (nSPS) is 25.3. The monoisotopic (exact) mass is 219 g/mol. The van der Waals surface area contributed by atoms with Crippen LogP contribution in [0.5, 0.6) is 0 Å². The van der Waals surface area contributed by atoms with Crippen LogP contribution in [0.4, 0.5) is 8.78 Å². The Labute approximate surface area is 89.6 Å². The van der Waals surface area contributed by atoms with E-state index < -0.39 is 17.4 Å². The summed E-state index contributed by atoms with van der Waals surface area (Å²) >= 11 is 0. The number of alkyl halides is 2. The maximum atomic E-state index is 13.4. The zero-order valence-electron chi connectivity index (χ0n) is 9.81. The lowest BCUT2D eigenvalue weighted by Crippen LogP contribution is -2.49. The molecule has 0 aliphatic heterocycles. The molecule has 0 bridgehead atoms. The minimum Gasteiger partial charge on any atom is -0.336 e. The van der Waals surface area contributed by atoms with E-state index in [-0.39, 0.29) is 12.3 Å². The van der Waals surface area contributed by atoms with Crippen LogP contribution in [0, 0.1) is 5.41 Å². The van der Waals surface area contributed by atoms with Gasteiger partial charge in [-0.15, -0.1) is 0 Å². The maximum Gasteiger partial charge on any atom is 0.268 e. The van der Waals surface area contributed by atoms with Gasteiger partial charge in [0, 0.05) is 18.9 Å². The second-order valence-corrected chi connectivity index (χ2v) is 5.34. The van der Waals surface area contributed by atoms with Crippen molar-refractivity contribution in [3.05, 3.63) is 0 Å². The highest BCUT2D eigenvalue weighted by Crippen LogP contribution is 2.38. The number of rotatable bonds is 1. The third-order valence-electron chi connectivity index (χ3n) is 2.90. The number of nitrogens with zero attached hydrogens (tertiary/aromatic N) is 1. The lowest BCUT2D eigenvalue weighted by molar-refractivity contribution is -0.148. The van der Waals surface area contributed by atoms with Gasteiger partial charge in [0.25, 0.3) is 5.92 Å². The Kier molecular flexibility index (Phi) is 3.08. The molecule has 1 unspecified atom stereocenters. The van der Waals surface area contributed by atoms with Gasteiger partial charge in [-0.3, -0.25) is 4.79 Å². The first-order valence-electron chi connectivity index (χ1n) is 5.31. The predicted octanol–water partition coefficient (Wildman–Crippen LogP) is 2.68. The summed E-state index contributed by atoms with van der Waals surface area (Å²) in [7, 11) is 1.48. The van der Waals surface area contributed by atoms with Gasteiger partial charge in [-0.25, -0.2) is 8.78 Å². The average Bonchev–Trinajstić information content (AvgIpc) is 2.41. The highest BCUT2D eigenvalue weighted by atomic mass is 19.3. The second kappa shape index (κ2) is 3.72. The van der Waals surface area contributed by atoms with Crippen LogP contribution in [0.15, 0.2) is 0 Å². The van der Waals surface area contributed by atoms with Crippen LogP contribution in [-0.2, 0) is 4.79 Å². The Morgan fingerprint density at radius 3 is 2.27 bits per heavy atom. The molecule has 1 fully saturated rings. The minimum atomic E-state index is -2.71. The van der Waals surface area contributed by atoms with E-state index in [1.165, 1.54) is 11.9 Å². The molecule has 4 heteroatoms. The molecule has 1 aliphatic carbocycles. The largest absolute Gasteiger partial charge is 0.336 e. The topological polar surface area (TPSA) is 20.3 Å². The van der Waals surface area contributed by atoms with Crippen molar-refractivity contribution >= 4 is 5.91 Å². The molecule has 1 saturated carbocycles. The molecule has 1 aliphatic rings. The quantitative estimate of drug-likeness (QED) is 0.664. The van der Waals surface area contributed by atoms with Gasteiger partial charge in [0.1, 0.15) is 0 Å². The third-order valence-corrected chi connectivity index (χ3v) is 2.90. The Morgan fingerprint density at radius 2 is 1.93 bits per heavy atom. The number of hydrogen-bond acceptors (Lipinski definition) is 1. The highest BCUT2D eigenvalue weighted by molar-refractivity contribution is 5.81. The number of halogens is 2. The molecule has 0 aromatic rings. The molecule has 0 heterocycles. The van der Waals surface area contributed by atoms with Crippen LogP contribution in [0.2, 0.25) is 0 Å². The number of carbonyl (C=O) groups is 1. The number of hydrogen-bond donors (Lipinski definition) is 0. The summed E-state index contributed by atoms with van der Waals surface area (Å²) in [4.78, 5) is 13.1. The van der Waals surface area contributed by atoms with Crippen LogP contribution in [-0.4, -0.2) is 29.8 Å². The summed E-state index contributed by atoms with van der Waals surface area (Å²) in [6, 6.07) is -0.913. The summed E-state index contributed by atoms with van der Waals surface area (Å²) < 4.78 is 26.8. The first-order valence-corrected chi connectivity index (χ1v) is 5.31. The predicted molar refractivity (Wildman–Crippen MR) is 54.8 cm³/mol. The third kappa shape index (κ3) is 2.47. The standard InChI is InChI=1S/C11H19F2NO/c1-10(2,3)9(15)14(4)8-6-5-7-11(8,12)13/h8H,5-7H2,1-4H3. The average molecular weight is 219 g/mol. The van der Waals surface area contributed by atoms with E-state index in [0.717, 1.165) is 0 Å². The Hall–Kier alpha value is -0.670. The molecule has 0 saturated heterocycles. The van der Waals surface area contributed by atoms with E-state index in [1.54, 1.807) is 20.8 Å².